The van der Waals surface area contributed by atoms with Gasteiger partial charge in [-0.15, -0.1) is 0 Å². The normalized spacial score (nSPS) is 10.8. The summed E-state index contributed by atoms with van der Waals surface area (Å²) in [5.74, 6) is 0. The van der Waals surface area contributed by atoms with E-state index in [4.69, 9.17) is 5.73 Å². The van der Waals surface area contributed by atoms with E-state index in [2.05, 4.69) is 19.4 Å². The van der Waals surface area contributed by atoms with Crippen molar-refractivity contribution in [2.45, 2.75) is 57.8 Å². The maximum atomic E-state index is 10.4. The quantitative estimate of drug-likeness (QED) is 0.454. The Labute approximate surface area is 112 Å². The van der Waals surface area contributed by atoms with Gasteiger partial charge in [0, 0.05) is 6.54 Å². The summed E-state index contributed by atoms with van der Waals surface area (Å²) in [5, 5.41) is 2.62. The molecule has 0 aliphatic carbocycles. The van der Waals surface area contributed by atoms with Gasteiger partial charge in [-0.1, -0.05) is 38.5 Å². The monoisotopic (exact) mass is 258 g/mol. The summed E-state index contributed by atoms with van der Waals surface area (Å²) in [6.07, 6.45) is 11.7. The smallest absolute Gasteiger partial charge is 0.312 e. The number of carbonyl (C=O) groups excluding carboxylic acids is 1. The summed E-state index contributed by atoms with van der Waals surface area (Å²) in [6.45, 7) is 2.02. The van der Waals surface area contributed by atoms with Gasteiger partial charge in [0.25, 0.3) is 0 Å². The minimum absolute atomic E-state index is 0.408. The minimum Gasteiger partial charge on any atom is -0.352 e. The van der Waals surface area contributed by atoms with E-state index in [1.165, 1.54) is 57.9 Å². The molecular weight excluding hydrogens is 226 g/mol. The molecule has 0 atom stereocenters. The molecule has 0 aliphatic rings. The van der Waals surface area contributed by atoms with E-state index in [0.29, 0.717) is 0 Å². The third-order valence-electron chi connectivity index (χ3n) is 3.15. The van der Waals surface area contributed by atoms with Crippen LogP contribution in [0.2, 0.25) is 0 Å². The molecule has 4 heteroatoms. The van der Waals surface area contributed by atoms with Crippen LogP contribution in [0.4, 0.5) is 4.79 Å². The molecule has 0 fully saturated rings. The standard InChI is InChI=1S/C14H31N3O/c1-17(2)13-11-9-7-5-3-4-6-8-10-12-16-14(15)18/h3-13H2,1-2H3,(H3,15,16,18)/p+1. The van der Waals surface area contributed by atoms with Crippen LogP contribution in [0.1, 0.15) is 57.8 Å². The lowest BCUT2D eigenvalue weighted by atomic mass is 10.1. The highest BCUT2D eigenvalue weighted by atomic mass is 16.2. The Kier molecular flexibility index (Phi) is 12.1. The molecule has 0 aromatic rings. The van der Waals surface area contributed by atoms with Crippen molar-refractivity contribution in [1.82, 2.24) is 5.32 Å². The molecule has 0 rings (SSSR count). The molecule has 0 unspecified atom stereocenters. The maximum absolute atomic E-state index is 10.4. The zero-order valence-electron chi connectivity index (χ0n) is 12.3. The summed E-state index contributed by atoms with van der Waals surface area (Å²) >= 11 is 0. The number of hydrogen-bond donors (Lipinski definition) is 3. The second-order valence-corrected chi connectivity index (χ2v) is 5.43. The van der Waals surface area contributed by atoms with Crippen molar-refractivity contribution in [1.29, 1.82) is 0 Å². The molecule has 0 spiro atoms. The summed E-state index contributed by atoms with van der Waals surface area (Å²) < 4.78 is 0. The van der Waals surface area contributed by atoms with Crippen molar-refractivity contribution in [3.63, 3.8) is 0 Å². The van der Waals surface area contributed by atoms with Crippen LogP contribution in [-0.2, 0) is 0 Å². The number of unbranched alkanes of at least 4 members (excludes halogenated alkanes) is 8. The van der Waals surface area contributed by atoms with Gasteiger partial charge >= 0.3 is 6.03 Å². The van der Waals surface area contributed by atoms with Crippen LogP contribution in [0.3, 0.4) is 0 Å². The molecule has 4 nitrogen and oxygen atoms in total. The topological polar surface area (TPSA) is 59.6 Å². The maximum Gasteiger partial charge on any atom is 0.312 e. The van der Waals surface area contributed by atoms with E-state index in [1.54, 1.807) is 4.90 Å². The minimum atomic E-state index is -0.408. The SMILES string of the molecule is C[NH+](C)CCCCCCCCCCCNC(N)=O. The van der Waals surface area contributed by atoms with Gasteiger partial charge in [-0.2, -0.15) is 0 Å². The Morgan fingerprint density at radius 2 is 1.33 bits per heavy atom. The lowest BCUT2D eigenvalue weighted by molar-refractivity contribution is -0.858. The molecule has 0 bridgehead atoms. The van der Waals surface area contributed by atoms with Crippen LogP contribution < -0.4 is 16.0 Å². The highest BCUT2D eigenvalue weighted by Gasteiger charge is 1.95. The molecule has 0 saturated heterocycles. The Balaban J connectivity index is 2.97. The number of carbonyl (C=O) groups is 1. The number of quaternary nitrogens is 1. The average Bonchev–Trinajstić information content (AvgIpc) is 2.29. The van der Waals surface area contributed by atoms with Crippen molar-refractivity contribution >= 4 is 6.03 Å². The molecule has 4 N–H and O–H groups in total. The second kappa shape index (κ2) is 12.7. The van der Waals surface area contributed by atoms with Crippen LogP contribution in [0.15, 0.2) is 0 Å². The lowest BCUT2D eigenvalue weighted by Crippen LogP contribution is -3.05. The zero-order valence-corrected chi connectivity index (χ0v) is 12.3. The van der Waals surface area contributed by atoms with Crippen LogP contribution >= 0.6 is 0 Å². The summed E-state index contributed by atoms with van der Waals surface area (Å²) in [6, 6.07) is -0.408. The van der Waals surface area contributed by atoms with Crippen molar-refractivity contribution < 1.29 is 9.69 Å². The van der Waals surface area contributed by atoms with E-state index in [0.717, 1.165) is 13.0 Å². The first kappa shape index (κ1) is 17.2. The summed E-state index contributed by atoms with van der Waals surface area (Å²) in [5.41, 5.74) is 4.98. The Morgan fingerprint density at radius 3 is 1.78 bits per heavy atom. The number of rotatable bonds is 12. The number of nitrogens with one attached hydrogen (secondary N) is 2. The van der Waals surface area contributed by atoms with Crippen LogP contribution in [-0.4, -0.2) is 33.2 Å². The van der Waals surface area contributed by atoms with Crippen LogP contribution in [0.25, 0.3) is 0 Å². The first-order valence-electron chi connectivity index (χ1n) is 7.45. The molecular formula is C14H32N3O+. The highest BCUT2D eigenvalue weighted by Crippen LogP contribution is 2.08. The van der Waals surface area contributed by atoms with Crippen LogP contribution in [0.5, 0.6) is 0 Å². The van der Waals surface area contributed by atoms with E-state index >= 15 is 0 Å². The van der Waals surface area contributed by atoms with Gasteiger partial charge in [0.05, 0.1) is 20.6 Å². The van der Waals surface area contributed by atoms with Gasteiger partial charge in [-0.3, -0.25) is 0 Å². The largest absolute Gasteiger partial charge is 0.352 e. The second-order valence-electron chi connectivity index (χ2n) is 5.43. The average molecular weight is 258 g/mol. The van der Waals surface area contributed by atoms with Gasteiger partial charge < -0.3 is 16.0 Å². The summed E-state index contributed by atoms with van der Waals surface area (Å²) in [7, 11) is 4.43. The van der Waals surface area contributed by atoms with Crippen LogP contribution in [0, 0.1) is 0 Å². The van der Waals surface area contributed by atoms with Crippen molar-refractivity contribution in [2.24, 2.45) is 5.73 Å². The number of hydrogen-bond acceptors (Lipinski definition) is 1. The predicted molar refractivity (Wildman–Crippen MR) is 76.8 cm³/mol. The number of primary amides is 1. The molecule has 108 valence electrons. The molecule has 0 saturated carbocycles. The molecule has 0 aliphatic heterocycles. The third-order valence-corrected chi connectivity index (χ3v) is 3.15. The molecule has 0 radical (unpaired) electrons. The number of nitrogens with two attached hydrogens (primary N) is 1. The third kappa shape index (κ3) is 15.2. The number of amides is 2. The van der Waals surface area contributed by atoms with Gasteiger partial charge in [-0.25, -0.2) is 4.79 Å². The van der Waals surface area contributed by atoms with Crippen molar-refractivity contribution in [3.05, 3.63) is 0 Å². The van der Waals surface area contributed by atoms with E-state index in [9.17, 15) is 4.79 Å². The molecule has 0 aromatic carbocycles. The predicted octanol–water partition coefficient (Wildman–Crippen LogP) is 1.31. The van der Waals surface area contributed by atoms with Crippen molar-refractivity contribution in [2.75, 3.05) is 27.2 Å². The number of urea groups is 1. The van der Waals surface area contributed by atoms with Crippen molar-refractivity contribution in [3.8, 4) is 0 Å². The van der Waals surface area contributed by atoms with Gasteiger partial charge in [0.15, 0.2) is 0 Å². The fourth-order valence-corrected chi connectivity index (χ4v) is 2.05. The summed E-state index contributed by atoms with van der Waals surface area (Å²) in [4.78, 5) is 12.0. The van der Waals surface area contributed by atoms with Gasteiger partial charge in [0.2, 0.25) is 0 Å². The fourth-order valence-electron chi connectivity index (χ4n) is 2.05. The zero-order chi connectivity index (χ0) is 13.6. The fraction of sp³-hybridized carbons (Fsp3) is 0.929. The van der Waals surface area contributed by atoms with E-state index < -0.39 is 6.03 Å². The molecule has 18 heavy (non-hydrogen) atoms. The Bertz CT molecular complexity index is 195. The Morgan fingerprint density at radius 1 is 0.889 bits per heavy atom. The first-order chi connectivity index (χ1) is 8.63. The molecule has 0 heterocycles. The van der Waals surface area contributed by atoms with E-state index in [1.807, 2.05) is 0 Å². The lowest BCUT2D eigenvalue weighted by Gasteiger charge is -2.06. The first-order valence-corrected chi connectivity index (χ1v) is 7.45. The molecule has 0 aromatic heterocycles. The highest BCUT2D eigenvalue weighted by molar-refractivity contribution is 5.71. The Hall–Kier alpha value is -0.770. The molecule has 2 amide bonds. The van der Waals surface area contributed by atoms with Gasteiger partial charge in [-0.05, 0) is 19.3 Å². The van der Waals surface area contributed by atoms with E-state index in [-0.39, 0.29) is 0 Å². The van der Waals surface area contributed by atoms with Gasteiger partial charge in [0.1, 0.15) is 0 Å².